The molecule has 3 N–H and O–H groups in total. The van der Waals surface area contributed by atoms with E-state index in [2.05, 4.69) is 15.0 Å². The van der Waals surface area contributed by atoms with E-state index in [1.807, 2.05) is 0 Å². The highest BCUT2D eigenvalue weighted by atomic mass is 32.1. The van der Waals surface area contributed by atoms with Crippen molar-refractivity contribution in [1.29, 1.82) is 0 Å². The maximum absolute atomic E-state index is 5.61. The minimum Gasteiger partial charge on any atom is -0.384 e. The first-order valence-corrected chi connectivity index (χ1v) is 4.15. The van der Waals surface area contributed by atoms with Crippen molar-refractivity contribution in [2.75, 3.05) is 5.73 Å². The monoisotopic (exact) mass is 184 g/mol. The summed E-state index contributed by atoms with van der Waals surface area (Å²) < 4.78 is 1.24. The molecule has 2 rings (SSSR count). The predicted octanol–water partition coefficient (Wildman–Crippen LogP) is 1.33. The van der Waals surface area contributed by atoms with Crippen LogP contribution in [-0.4, -0.2) is 15.0 Å². The Morgan fingerprint density at radius 2 is 2.45 bits per heavy atom. The second kappa shape index (κ2) is 2.24. The number of hydrogen-bond donors (Lipinski definition) is 2. The van der Waals surface area contributed by atoms with Crippen molar-refractivity contribution in [2.45, 2.75) is 0 Å². The van der Waals surface area contributed by atoms with Gasteiger partial charge >= 0.3 is 0 Å². The van der Waals surface area contributed by atoms with Crippen molar-refractivity contribution in [3.63, 3.8) is 0 Å². The largest absolute Gasteiger partial charge is 0.384 e. The minimum absolute atomic E-state index is 0.376. The van der Waals surface area contributed by atoms with Gasteiger partial charge < -0.3 is 10.7 Å². The summed E-state index contributed by atoms with van der Waals surface area (Å²) in [4.78, 5) is 10.7. The van der Waals surface area contributed by atoms with Crippen LogP contribution in [0.25, 0.3) is 10.3 Å². The molecule has 0 atom stereocenters. The van der Waals surface area contributed by atoms with Gasteiger partial charge in [-0.25, -0.2) is 4.98 Å². The van der Waals surface area contributed by atoms with Crippen molar-refractivity contribution in [3.05, 3.63) is 10.3 Å². The average molecular weight is 184 g/mol. The molecular formula is C5H4N4S2. The van der Waals surface area contributed by atoms with Gasteiger partial charge in [0.1, 0.15) is 10.5 Å². The van der Waals surface area contributed by atoms with Gasteiger partial charge in [-0.1, -0.05) is 0 Å². The number of thiazole rings is 1. The van der Waals surface area contributed by atoms with Crippen LogP contribution in [-0.2, 0) is 0 Å². The zero-order valence-electron chi connectivity index (χ0n) is 5.37. The zero-order chi connectivity index (χ0) is 7.84. The number of aromatic amines is 1. The SMILES string of the molecule is Nc1[nH]c(=S)nc2ncsc12. The molecule has 0 saturated carbocycles. The third kappa shape index (κ3) is 0.997. The van der Waals surface area contributed by atoms with E-state index in [0.717, 1.165) is 4.70 Å². The number of fused-ring (bicyclic) bond motifs is 1. The molecule has 0 amide bonds. The Balaban J connectivity index is 3.02. The highest BCUT2D eigenvalue weighted by molar-refractivity contribution is 7.71. The fourth-order valence-electron chi connectivity index (χ4n) is 0.800. The predicted molar refractivity (Wildman–Crippen MR) is 47.0 cm³/mol. The summed E-state index contributed by atoms with van der Waals surface area (Å²) in [5.41, 5.74) is 7.92. The van der Waals surface area contributed by atoms with Gasteiger partial charge in [-0.2, -0.15) is 4.98 Å². The van der Waals surface area contributed by atoms with Gasteiger partial charge in [-0.15, -0.1) is 11.3 Å². The topological polar surface area (TPSA) is 67.6 Å². The average Bonchev–Trinajstić information content (AvgIpc) is 2.34. The number of anilines is 1. The summed E-state index contributed by atoms with van der Waals surface area (Å²) in [5, 5.41) is 0. The van der Waals surface area contributed by atoms with E-state index in [1.54, 1.807) is 5.51 Å². The van der Waals surface area contributed by atoms with Crippen LogP contribution in [0.5, 0.6) is 0 Å². The number of aromatic nitrogens is 3. The van der Waals surface area contributed by atoms with E-state index in [9.17, 15) is 0 Å². The van der Waals surface area contributed by atoms with Crippen LogP contribution < -0.4 is 5.73 Å². The minimum atomic E-state index is 0.376. The Kier molecular flexibility index (Phi) is 1.36. The molecule has 2 heterocycles. The first kappa shape index (κ1) is 6.68. The standard InChI is InChI=1S/C5H4N4S2/c6-3-2-4(7-1-11-2)9-5(10)8-3/h1H,(H3,6,8,9,10). The van der Waals surface area contributed by atoms with Gasteiger partial charge in [-0.3, -0.25) is 0 Å². The van der Waals surface area contributed by atoms with Gasteiger partial charge in [0.25, 0.3) is 0 Å². The summed E-state index contributed by atoms with van der Waals surface area (Å²) >= 11 is 6.26. The highest BCUT2D eigenvalue weighted by Gasteiger charge is 2.00. The van der Waals surface area contributed by atoms with Crippen LogP contribution in [0, 0.1) is 4.77 Å². The van der Waals surface area contributed by atoms with E-state index < -0.39 is 0 Å². The van der Waals surface area contributed by atoms with E-state index >= 15 is 0 Å². The van der Waals surface area contributed by atoms with Crippen molar-refractivity contribution in [1.82, 2.24) is 15.0 Å². The first-order chi connectivity index (χ1) is 5.27. The molecule has 0 bridgehead atoms. The molecule has 0 unspecified atom stereocenters. The van der Waals surface area contributed by atoms with Gasteiger partial charge in [0.05, 0.1) is 5.51 Å². The zero-order valence-corrected chi connectivity index (χ0v) is 7.00. The molecule has 6 heteroatoms. The normalized spacial score (nSPS) is 10.5. The van der Waals surface area contributed by atoms with Crippen LogP contribution in [0.1, 0.15) is 0 Å². The lowest BCUT2D eigenvalue weighted by Gasteiger charge is -1.92. The summed E-state index contributed by atoms with van der Waals surface area (Å²) in [6.07, 6.45) is 0. The molecule has 0 saturated heterocycles. The van der Waals surface area contributed by atoms with E-state index in [-0.39, 0.29) is 0 Å². The molecule has 0 aliphatic carbocycles. The first-order valence-electron chi connectivity index (χ1n) is 2.86. The van der Waals surface area contributed by atoms with Crippen molar-refractivity contribution in [2.24, 2.45) is 0 Å². The molecule has 0 radical (unpaired) electrons. The highest BCUT2D eigenvalue weighted by Crippen LogP contribution is 2.19. The maximum atomic E-state index is 5.61. The molecular weight excluding hydrogens is 180 g/mol. The Bertz CT molecular complexity index is 443. The fourth-order valence-corrected chi connectivity index (χ4v) is 1.64. The Morgan fingerprint density at radius 1 is 1.64 bits per heavy atom. The Hall–Kier alpha value is -1.01. The summed E-state index contributed by atoms with van der Waals surface area (Å²) in [6.45, 7) is 0. The van der Waals surface area contributed by atoms with Gasteiger partial charge in [-0.05, 0) is 12.2 Å². The molecule has 4 nitrogen and oxygen atoms in total. The second-order valence-corrected chi connectivity index (χ2v) is 3.20. The summed E-state index contributed by atoms with van der Waals surface area (Å²) in [6, 6.07) is 0. The van der Waals surface area contributed by atoms with Crippen molar-refractivity contribution >= 4 is 39.7 Å². The van der Waals surface area contributed by atoms with Crippen LogP contribution in [0.2, 0.25) is 0 Å². The van der Waals surface area contributed by atoms with E-state index in [4.69, 9.17) is 18.0 Å². The molecule has 2 aromatic heterocycles. The third-order valence-corrected chi connectivity index (χ3v) is 2.28. The number of nitrogens with one attached hydrogen (secondary N) is 1. The number of nitrogens with two attached hydrogens (primary N) is 1. The quantitative estimate of drug-likeness (QED) is 0.606. The summed E-state index contributed by atoms with van der Waals surface area (Å²) in [5.74, 6) is 0.544. The molecule has 0 aromatic carbocycles. The summed E-state index contributed by atoms with van der Waals surface area (Å²) in [7, 11) is 0. The van der Waals surface area contributed by atoms with Crippen LogP contribution in [0.3, 0.4) is 0 Å². The third-order valence-electron chi connectivity index (χ3n) is 1.24. The van der Waals surface area contributed by atoms with Crippen molar-refractivity contribution in [3.8, 4) is 0 Å². The van der Waals surface area contributed by atoms with E-state index in [1.165, 1.54) is 11.3 Å². The molecule has 2 aromatic rings. The number of hydrogen-bond acceptors (Lipinski definition) is 5. The molecule has 0 spiro atoms. The number of nitrogens with zero attached hydrogens (tertiary/aromatic N) is 2. The number of nitrogen functional groups attached to an aromatic ring is 1. The molecule has 0 aliphatic heterocycles. The smallest absolute Gasteiger partial charge is 0.200 e. The van der Waals surface area contributed by atoms with Crippen molar-refractivity contribution < 1.29 is 0 Å². The van der Waals surface area contributed by atoms with Crippen LogP contribution in [0.15, 0.2) is 5.51 Å². The number of rotatable bonds is 0. The second-order valence-electron chi connectivity index (χ2n) is 1.96. The Labute approximate surface area is 71.1 Å². The lowest BCUT2D eigenvalue weighted by molar-refractivity contribution is 1.17. The van der Waals surface area contributed by atoms with Gasteiger partial charge in [0.15, 0.2) is 10.4 Å². The Morgan fingerprint density at radius 3 is 3.27 bits per heavy atom. The van der Waals surface area contributed by atoms with Gasteiger partial charge in [0, 0.05) is 0 Å². The fraction of sp³-hybridized carbons (Fsp3) is 0. The van der Waals surface area contributed by atoms with Gasteiger partial charge in [0.2, 0.25) is 0 Å². The molecule has 0 aliphatic rings. The van der Waals surface area contributed by atoms with Crippen LogP contribution in [0.4, 0.5) is 5.82 Å². The number of H-pyrrole nitrogens is 1. The van der Waals surface area contributed by atoms with Crippen LogP contribution >= 0.6 is 23.6 Å². The van der Waals surface area contributed by atoms with E-state index in [0.29, 0.717) is 16.2 Å². The lowest BCUT2D eigenvalue weighted by atomic mass is 10.6. The molecule has 56 valence electrons. The molecule has 11 heavy (non-hydrogen) atoms. The maximum Gasteiger partial charge on any atom is 0.200 e. The lowest BCUT2D eigenvalue weighted by Crippen LogP contribution is -1.92. The molecule has 0 fully saturated rings.